The van der Waals surface area contributed by atoms with Crippen LogP contribution in [0, 0.1) is 10.8 Å². The first-order chi connectivity index (χ1) is 14.1. The molecule has 164 valence electrons. The zero-order chi connectivity index (χ0) is 21.9. The monoisotopic (exact) mass is 426 g/mol. The van der Waals surface area contributed by atoms with Crippen molar-refractivity contribution in [3.05, 3.63) is 46.9 Å². The summed E-state index contributed by atoms with van der Waals surface area (Å²) in [4.78, 5) is 29.0. The maximum absolute atomic E-state index is 12.9. The van der Waals surface area contributed by atoms with Gasteiger partial charge in [-0.3, -0.25) is 4.79 Å². The largest absolute Gasteiger partial charge is 0.416 e. The summed E-state index contributed by atoms with van der Waals surface area (Å²) in [6.45, 7) is 2.40. The maximum Gasteiger partial charge on any atom is 0.416 e. The fourth-order valence-electron chi connectivity index (χ4n) is 3.83. The van der Waals surface area contributed by atoms with E-state index in [-0.39, 0.29) is 18.0 Å². The van der Waals surface area contributed by atoms with Crippen molar-refractivity contribution in [3.8, 4) is 0 Å². The number of likely N-dealkylation sites (N-methyl/N-ethyl adjacent to an activating group) is 1. The van der Waals surface area contributed by atoms with Crippen LogP contribution in [0.3, 0.4) is 0 Å². The average Bonchev–Trinajstić information content (AvgIpc) is 3.06. The van der Waals surface area contributed by atoms with Crippen LogP contribution in [0.5, 0.6) is 0 Å². The number of nitroso groups, excluding NO2 is 1. The zero-order valence-corrected chi connectivity index (χ0v) is 17.1. The second kappa shape index (κ2) is 9.03. The maximum atomic E-state index is 12.9. The van der Waals surface area contributed by atoms with Crippen molar-refractivity contribution in [2.45, 2.75) is 18.8 Å². The highest BCUT2D eigenvalue weighted by Gasteiger charge is 2.47. The highest BCUT2D eigenvalue weighted by molar-refractivity contribution is 5.87. The quantitative estimate of drug-likeness (QED) is 0.558. The number of alkyl halides is 3. The molecule has 7 nitrogen and oxygen atoms in total. The molecule has 1 N–H and O–H groups in total. The molecular weight excluding hydrogens is 399 g/mol. The lowest BCUT2D eigenvalue weighted by Gasteiger charge is -2.40. The van der Waals surface area contributed by atoms with Crippen LogP contribution in [0.25, 0.3) is 0 Å². The normalized spacial score (nSPS) is 22.1. The number of hydrazine groups is 1. The van der Waals surface area contributed by atoms with Gasteiger partial charge in [-0.1, -0.05) is 6.08 Å². The minimum Gasteiger partial charge on any atom is -0.352 e. The van der Waals surface area contributed by atoms with Gasteiger partial charge in [-0.15, -0.1) is 5.01 Å². The van der Waals surface area contributed by atoms with Gasteiger partial charge in [0.2, 0.25) is 12.5 Å². The first-order valence-electron chi connectivity index (χ1n) is 9.89. The number of halogens is 3. The Balaban J connectivity index is 1.68. The summed E-state index contributed by atoms with van der Waals surface area (Å²) >= 11 is 0. The van der Waals surface area contributed by atoms with Crippen LogP contribution in [0.15, 0.2) is 36.4 Å². The van der Waals surface area contributed by atoms with Gasteiger partial charge in [0.1, 0.15) is 4.87 Å². The summed E-state index contributed by atoms with van der Waals surface area (Å²) < 4.78 is 38.6. The Morgan fingerprint density at radius 2 is 1.97 bits per heavy atom. The molecule has 3 rings (SSSR count). The number of benzene rings is 1. The molecule has 0 aromatic heterocycles. The van der Waals surface area contributed by atoms with E-state index in [9.17, 15) is 22.9 Å². The number of carbonyl (C=O) groups excluding carboxylic acids is 1. The fourth-order valence-corrected chi connectivity index (χ4v) is 3.83. The number of rotatable bonds is 6. The first-order valence-corrected chi connectivity index (χ1v) is 9.89. The molecule has 0 saturated carbocycles. The van der Waals surface area contributed by atoms with Crippen molar-refractivity contribution in [1.82, 2.24) is 15.2 Å². The third-order valence-electron chi connectivity index (χ3n) is 5.30. The molecule has 0 spiro atoms. The number of amides is 1. The van der Waals surface area contributed by atoms with Crippen LogP contribution in [0.1, 0.15) is 12.0 Å². The summed E-state index contributed by atoms with van der Waals surface area (Å²) in [7, 11) is 3.81. The Morgan fingerprint density at radius 1 is 1.27 bits per heavy atom. The van der Waals surface area contributed by atoms with E-state index in [1.54, 1.807) is 11.1 Å². The molecule has 2 aliphatic rings. The van der Waals surface area contributed by atoms with Gasteiger partial charge < -0.3 is 15.1 Å². The van der Waals surface area contributed by atoms with Crippen LogP contribution >= 0.6 is 0 Å². The molecule has 10 heteroatoms. The molecule has 1 aromatic carbocycles. The number of carbonyl (C=O) groups is 1. The highest BCUT2D eigenvalue weighted by atomic mass is 19.4. The van der Waals surface area contributed by atoms with Crippen LogP contribution in [-0.4, -0.2) is 73.7 Å². The third kappa shape index (κ3) is 5.29. The molecule has 1 aromatic rings. The second-order valence-electron chi connectivity index (χ2n) is 7.94. The molecule has 2 atom stereocenters. The summed E-state index contributed by atoms with van der Waals surface area (Å²) in [6.07, 6.45) is -0.725. The number of fused-ring (bicyclic) bond motifs is 1. The Kier molecular flexibility index (Phi) is 6.64. The van der Waals surface area contributed by atoms with E-state index in [0.717, 1.165) is 17.0 Å². The van der Waals surface area contributed by atoms with Gasteiger partial charge in [0.05, 0.1) is 23.4 Å². The second-order valence-corrected chi connectivity index (χ2v) is 7.94. The summed E-state index contributed by atoms with van der Waals surface area (Å²) in [5.41, 5.74) is -0.0690. The van der Waals surface area contributed by atoms with E-state index in [1.165, 1.54) is 18.2 Å². The summed E-state index contributed by atoms with van der Waals surface area (Å²) in [5.74, 6) is -0.246. The number of nitrogens with one attached hydrogen (secondary N) is 1. The zero-order valence-electron chi connectivity index (χ0n) is 17.1. The fraction of sp³-hybridized carbons (Fsp3) is 0.550. The minimum absolute atomic E-state index is 0.0377. The molecule has 0 bridgehead atoms. The Morgan fingerprint density at radius 3 is 2.60 bits per heavy atom. The van der Waals surface area contributed by atoms with Crippen LogP contribution in [-0.2, 0) is 11.0 Å². The number of anilines is 1. The predicted molar refractivity (Wildman–Crippen MR) is 107 cm³/mol. The molecular formula is C20H27F3N5O2+. The number of nitrogens with zero attached hydrogens (tertiary/aromatic N) is 4. The molecule has 0 aliphatic carbocycles. The van der Waals surface area contributed by atoms with Gasteiger partial charge in [-0.05, 0) is 38.4 Å². The minimum atomic E-state index is -4.39. The van der Waals surface area contributed by atoms with E-state index in [4.69, 9.17) is 0 Å². The molecule has 0 radical (unpaired) electrons. The number of hydrogen-bond donors (Lipinski definition) is 1. The standard InChI is InChI=1S/C20H26F3N5O2/c1-25(2)10-3-4-18(29)24-12-15-13-26(19-9-11-28(30)27(19)14-15)17-7-5-16(6-8-17)20(21,22)23/h3-8,15,19H,9-14H2,1-2H3/p+1/b4-3+. The van der Waals surface area contributed by atoms with Gasteiger partial charge in [0.25, 0.3) is 0 Å². The van der Waals surface area contributed by atoms with Gasteiger partial charge in [-0.25, -0.2) is 0 Å². The van der Waals surface area contributed by atoms with Crippen molar-refractivity contribution < 1.29 is 22.8 Å². The van der Waals surface area contributed by atoms with Crippen molar-refractivity contribution in [2.75, 3.05) is 51.7 Å². The smallest absolute Gasteiger partial charge is 0.352 e. The van der Waals surface area contributed by atoms with Gasteiger partial charge in [0.15, 0.2) is 6.17 Å². The molecule has 2 aliphatic heterocycles. The predicted octanol–water partition coefficient (Wildman–Crippen LogP) is 2.10. The lowest BCUT2D eigenvalue weighted by Crippen LogP contribution is -2.57. The van der Waals surface area contributed by atoms with Crippen LogP contribution < -0.4 is 10.2 Å². The Bertz CT molecular complexity index is 795. The van der Waals surface area contributed by atoms with E-state index < -0.39 is 11.7 Å². The van der Waals surface area contributed by atoms with Crippen molar-refractivity contribution in [2.24, 2.45) is 5.92 Å². The first kappa shape index (κ1) is 22.1. The van der Waals surface area contributed by atoms with E-state index in [0.29, 0.717) is 44.8 Å². The number of hydrogen-bond acceptors (Lipinski definition) is 4. The topological polar surface area (TPSA) is 58.9 Å². The van der Waals surface area contributed by atoms with E-state index in [2.05, 4.69) is 5.32 Å². The molecule has 2 fully saturated rings. The van der Waals surface area contributed by atoms with Crippen LogP contribution in [0.4, 0.5) is 18.9 Å². The van der Waals surface area contributed by atoms with Crippen molar-refractivity contribution in [1.29, 1.82) is 0 Å². The summed E-state index contributed by atoms with van der Waals surface area (Å²) in [5, 5.41) is 4.55. The Labute approximate surface area is 173 Å². The lowest BCUT2D eigenvalue weighted by atomic mass is 10.0. The third-order valence-corrected chi connectivity index (χ3v) is 5.30. The molecule has 1 amide bonds. The molecule has 30 heavy (non-hydrogen) atoms. The molecule has 2 heterocycles. The Hall–Kier alpha value is -2.62. The summed E-state index contributed by atoms with van der Waals surface area (Å²) in [6, 6.07) is 5.01. The highest BCUT2D eigenvalue weighted by Crippen LogP contribution is 2.34. The SMILES string of the molecule is CN(C)C/C=C/C(=O)NCC1CN(c2ccc(C(F)(F)F)cc2)C2CC[N+](=O)N2C1. The molecule has 2 saturated heterocycles. The van der Waals surface area contributed by atoms with Gasteiger partial charge >= 0.3 is 6.18 Å². The van der Waals surface area contributed by atoms with Crippen molar-refractivity contribution >= 4 is 11.6 Å². The molecule has 2 unspecified atom stereocenters. The van der Waals surface area contributed by atoms with E-state index in [1.807, 2.05) is 23.9 Å². The van der Waals surface area contributed by atoms with Crippen LogP contribution in [0.2, 0.25) is 0 Å². The lowest BCUT2D eigenvalue weighted by molar-refractivity contribution is -0.692. The van der Waals surface area contributed by atoms with E-state index >= 15 is 0 Å². The van der Waals surface area contributed by atoms with Gasteiger partial charge in [-0.2, -0.15) is 13.2 Å². The average molecular weight is 426 g/mol. The van der Waals surface area contributed by atoms with Gasteiger partial charge in [0, 0.05) is 37.3 Å². The van der Waals surface area contributed by atoms with Crippen molar-refractivity contribution in [3.63, 3.8) is 0 Å².